The average Bonchev–Trinajstić information content (AvgIpc) is 2.89. The number of anilines is 1. The SMILES string of the molecule is CNc1nc(C(C)(C)C)nc(OCC2CCCC2)c1C. The zero-order valence-electron chi connectivity index (χ0n) is 13.4. The van der Waals surface area contributed by atoms with Gasteiger partial charge in [0.05, 0.1) is 12.2 Å². The first-order chi connectivity index (χ1) is 9.41. The van der Waals surface area contributed by atoms with E-state index in [2.05, 4.69) is 36.1 Å². The van der Waals surface area contributed by atoms with Crippen molar-refractivity contribution in [2.75, 3.05) is 19.0 Å². The van der Waals surface area contributed by atoms with Crippen LogP contribution in [-0.4, -0.2) is 23.6 Å². The van der Waals surface area contributed by atoms with E-state index in [0.717, 1.165) is 29.7 Å². The average molecular weight is 277 g/mol. The molecular weight excluding hydrogens is 250 g/mol. The number of nitrogens with one attached hydrogen (secondary N) is 1. The van der Waals surface area contributed by atoms with Crippen molar-refractivity contribution in [2.45, 2.75) is 58.8 Å². The lowest BCUT2D eigenvalue weighted by atomic mass is 9.95. The van der Waals surface area contributed by atoms with Gasteiger partial charge in [-0.25, -0.2) is 4.98 Å². The molecule has 20 heavy (non-hydrogen) atoms. The maximum atomic E-state index is 6.01. The highest BCUT2D eigenvalue weighted by molar-refractivity contribution is 5.48. The molecule has 1 aliphatic rings. The Hall–Kier alpha value is -1.32. The van der Waals surface area contributed by atoms with Crippen LogP contribution in [0.3, 0.4) is 0 Å². The molecule has 1 heterocycles. The molecule has 0 amide bonds. The first-order valence-electron chi connectivity index (χ1n) is 7.61. The van der Waals surface area contributed by atoms with Gasteiger partial charge >= 0.3 is 0 Å². The summed E-state index contributed by atoms with van der Waals surface area (Å²) in [7, 11) is 1.89. The van der Waals surface area contributed by atoms with E-state index >= 15 is 0 Å². The van der Waals surface area contributed by atoms with E-state index in [1.807, 2.05) is 14.0 Å². The van der Waals surface area contributed by atoms with E-state index in [1.54, 1.807) is 0 Å². The summed E-state index contributed by atoms with van der Waals surface area (Å²) in [5.41, 5.74) is 0.920. The second-order valence-electron chi connectivity index (χ2n) is 6.79. The molecule has 112 valence electrons. The first kappa shape index (κ1) is 15.1. The highest BCUT2D eigenvalue weighted by Gasteiger charge is 2.22. The van der Waals surface area contributed by atoms with Gasteiger partial charge in [0.25, 0.3) is 0 Å². The topological polar surface area (TPSA) is 47.0 Å². The Morgan fingerprint density at radius 3 is 2.40 bits per heavy atom. The molecule has 1 fully saturated rings. The summed E-state index contributed by atoms with van der Waals surface area (Å²) in [4.78, 5) is 9.24. The molecule has 4 nitrogen and oxygen atoms in total. The molecule has 1 saturated carbocycles. The third-order valence-corrected chi connectivity index (χ3v) is 3.94. The van der Waals surface area contributed by atoms with Gasteiger partial charge in [-0.1, -0.05) is 33.6 Å². The maximum Gasteiger partial charge on any atom is 0.221 e. The second kappa shape index (κ2) is 5.98. The number of nitrogens with zero attached hydrogens (tertiary/aromatic N) is 2. The Kier molecular flexibility index (Phi) is 4.51. The Bertz CT molecular complexity index is 460. The third-order valence-electron chi connectivity index (χ3n) is 3.94. The molecule has 1 aromatic heterocycles. The van der Waals surface area contributed by atoms with Crippen molar-refractivity contribution < 1.29 is 4.74 Å². The Morgan fingerprint density at radius 1 is 1.20 bits per heavy atom. The zero-order valence-corrected chi connectivity index (χ0v) is 13.4. The van der Waals surface area contributed by atoms with Crippen molar-refractivity contribution in [3.05, 3.63) is 11.4 Å². The molecule has 0 atom stereocenters. The monoisotopic (exact) mass is 277 g/mol. The summed E-state index contributed by atoms with van der Waals surface area (Å²) in [6.45, 7) is 9.17. The number of aromatic nitrogens is 2. The van der Waals surface area contributed by atoms with Crippen molar-refractivity contribution in [1.29, 1.82) is 0 Å². The Balaban J connectivity index is 2.21. The van der Waals surface area contributed by atoms with Gasteiger partial charge in [0.1, 0.15) is 11.6 Å². The molecular formula is C16H27N3O. The lowest BCUT2D eigenvalue weighted by Gasteiger charge is -2.21. The lowest BCUT2D eigenvalue weighted by Crippen LogP contribution is -2.19. The minimum Gasteiger partial charge on any atom is -0.477 e. The van der Waals surface area contributed by atoms with Crippen LogP contribution in [0.4, 0.5) is 5.82 Å². The molecule has 0 aliphatic heterocycles. The molecule has 1 aromatic rings. The summed E-state index contributed by atoms with van der Waals surface area (Å²) >= 11 is 0. The minimum atomic E-state index is -0.0786. The third kappa shape index (κ3) is 3.41. The fourth-order valence-corrected chi connectivity index (χ4v) is 2.59. The van der Waals surface area contributed by atoms with E-state index in [9.17, 15) is 0 Å². The van der Waals surface area contributed by atoms with Crippen LogP contribution in [0.1, 0.15) is 57.8 Å². The predicted octanol–water partition coefficient (Wildman–Crippen LogP) is 3.69. The number of hydrogen-bond acceptors (Lipinski definition) is 4. The molecule has 0 spiro atoms. The number of rotatable bonds is 4. The fourth-order valence-electron chi connectivity index (χ4n) is 2.59. The Morgan fingerprint density at radius 2 is 1.85 bits per heavy atom. The molecule has 0 radical (unpaired) electrons. The largest absolute Gasteiger partial charge is 0.477 e. The van der Waals surface area contributed by atoms with Gasteiger partial charge in [-0.05, 0) is 25.7 Å². The standard InChI is InChI=1S/C16H27N3O/c1-11-13(17-5)18-15(16(2,3)4)19-14(11)20-10-12-8-6-7-9-12/h12H,6-10H2,1-5H3,(H,17,18,19). The lowest BCUT2D eigenvalue weighted by molar-refractivity contribution is 0.240. The molecule has 2 rings (SSSR count). The van der Waals surface area contributed by atoms with Gasteiger partial charge in [0, 0.05) is 12.5 Å². The minimum absolute atomic E-state index is 0.0786. The van der Waals surface area contributed by atoms with Gasteiger partial charge in [-0.2, -0.15) is 4.98 Å². The normalized spacial score (nSPS) is 16.4. The summed E-state index contributed by atoms with van der Waals surface area (Å²) in [6.07, 6.45) is 5.25. The van der Waals surface area contributed by atoms with Crippen LogP contribution in [0.15, 0.2) is 0 Å². The highest BCUT2D eigenvalue weighted by Crippen LogP contribution is 2.29. The first-order valence-corrected chi connectivity index (χ1v) is 7.61. The molecule has 0 unspecified atom stereocenters. The smallest absolute Gasteiger partial charge is 0.221 e. The summed E-state index contributed by atoms with van der Waals surface area (Å²) in [5, 5.41) is 3.14. The molecule has 0 aromatic carbocycles. The summed E-state index contributed by atoms with van der Waals surface area (Å²) in [5.74, 6) is 3.13. The van der Waals surface area contributed by atoms with Crippen molar-refractivity contribution in [3.8, 4) is 5.88 Å². The number of hydrogen-bond donors (Lipinski definition) is 1. The van der Waals surface area contributed by atoms with Crippen LogP contribution in [0, 0.1) is 12.8 Å². The van der Waals surface area contributed by atoms with Gasteiger partial charge in [0.2, 0.25) is 5.88 Å². The quantitative estimate of drug-likeness (QED) is 0.911. The molecule has 1 aliphatic carbocycles. The van der Waals surface area contributed by atoms with Crippen molar-refractivity contribution >= 4 is 5.82 Å². The van der Waals surface area contributed by atoms with Crippen LogP contribution in [-0.2, 0) is 5.41 Å². The van der Waals surface area contributed by atoms with Gasteiger partial charge in [-0.15, -0.1) is 0 Å². The molecule has 4 heteroatoms. The van der Waals surface area contributed by atoms with Crippen molar-refractivity contribution in [1.82, 2.24) is 9.97 Å². The summed E-state index contributed by atoms with van der Waals surface area (Å²) < 4.78 is 6.01. The maximum absolute atomic E-state index is 6.01. The molecule has 1 N–H and O–H groups in total. The van der Waals surface area contributed by atoms with Gasteiger partial charge in [-0.3, -0.25) is 0 Å². The molecule has 0 saturated heterocycles. The van der Waals surface area contributed by atoms with Gasteiger partial charge in [0.15, 0.2) is 0 Å². The van der Waals surface area contributed by atoms with Crippen LogP contribution < -0.4 is 10.1 Å². The van der Waals surface area contributed by atoms with E-state index < -0.39 is 0 Å². The van der Waals surface area contributed by atoms with Crippen LogP contribution >= 0.6 is 0 Å². The van der Waals surface area contributed by atoms with E-state index in [1.165, 1.54) is 25.7 Å². The van der Waals surface area contributed by atoms with Crippen LogP contribution in [0.2, 0.25) is 0 Å². The van der Waals surface area contributed by atoms with Crippen LogP contribution in [0.5, 0.6) is 5.88 Å². The van der Waals surface area contributed by atoms with Crippen LogP contribution in [0.25, 0.3) is 0 Å². The number of ether oxygens (including phenoxy) is 1. The molecule has 0 bridgehead atoms. The van der Waals surface area contributed by atoms with Crippen molar-refractivity contribution in [3.63, 3.8) is 0 Å². The highest BCUT2D eigenvalue weighted by atomic mass is 16.5. The van der Waals surface area contributed by atoms with E-state index in [-0.39, 0.29) is 5.41 Å². The van der Waals surface area contributed by atoms with Gasteiger partial charge < -0.3 is 10.1 Å². The zero-order chi connectivity index (χ0) is 14.8. The van der Waals surface area contributed by atoms with E-state index in [0.29, 0.717) is 5.92 Å². The van der Waals surface area contributed by atoms with E-state index in [4.69, 9.17) is 4.74 Å². The Labute approximate surface area is 122 Å². The van der Waals surface area contributed by atoms with Crippen molar-refractivity contribution in [2.24, 2.45) is 5.92 Å². The predicted molar refractivity (Wildman–Crippen MR) is 82.5 cm³/mol. The summed E-state index contributed by atoms with van der Waals surface area (Å²) in [6, 6.07) is 0. The second-order valence-corrected chi connectivity index (χ2v) is 6.79. The fraction of sp³-hybridized carbons (Fsp3) is 0.750.